The maximum atomic E-state index is 12.4. The molecule has 0 saturated carbocycles. The number of benzene rings is 2. The Morgan fingerprint density at radius 1 is 0.957 bits per heavy atom. The minimum atomic E-state index is -0.432. The second kappa shape index (κ2) is 7.01. The van der Waals surface area contributed by atoms with Crippen molar-refractivity contribution in [3.05, 3.63) is 59.7 Å². The van der Waals surface area contributed by atoms with Crippen LogP contribution < -0.4 is 5.32 Å². The van der Waals surface area contributed by atoms with Crippen molar-refractivity contribution in [3.63, 3.8) is 0 Å². The molecule has 0 atom stereocenters. The van der Waals surface area contributed by atoms with Crippen LogP contribution in [0.1, 0.15) is 36.7 Å². The number of anilines is 1. The number of thioether (sulfide) groups is 1. The Morgan fingerprint density at radius 3 is 2.17 bits per heavy atom. The highest BCUT2D eigenvalue weighted by Crippen LogP contribution is 2.33. The van der Waals surface area contributed by atoms with E-state index in [9.17, 15) is 9.59 Å². The second-order valence-corrected chi connectivity index (χ2v) is 7.47. The largest absolute Gasteiger partial charge is 0.321 e. The van der Waals surface area contributed by atoms with Gasteiger partial charge in [0.2, 0.25) is 0 Å². The van der Waals surface area contributed by atoms with E-state index in [1.165, 1.54) is 0 Å². The zero-order chi connectivity index (χ0) is 17.0. The predicted octanol–water partition coefficient (Wildman–Crippen LogP) is 4.91. The number of carbonyl (C=O) groups excluding carboxylic acids is 2. The third kappa shape index (κ3) is 4.70. The summed E-state index contributed by atoms with van der Waals surface area (Å²) in [6.45, 7) is 7.63. The number of rotatable bonds is 3. The molecule has 0 heterocycles. The van der Waals surface area contributed by atoms with Gasteiger partial charge >= 0.3 is 0 Å². The van der Waals surface area contributed by atoms with Gasteiger partial charge in [-0.25, -0.2) is 0 Å². The SMILES string of the molecule is Cc1ccc(C(=O)Nc2ccccc2SC(=O)C(C)(C)C)cc1. The van der Waals surface area contributed by atoms with Gasteiger partial charge in [-0.3, -0.25) is 9.59 Å². The Morgan fingerprint density at radius 2 is 1.57 bits per heavy atom. The fourth-order valence-corrected chi connectivity index (χ4v) is 2.69. The molecule has 0 aromatic heterocycles. The Hall–Kier alpha value is -2.07. The van der Waals surface area contributed by atoms with Crippen LogP contribution in [-0.4, -0.2) is 11.0 Å². The van der Waals surface area contributed by atoms with Crippen molar-refractivity contribution in [2.45, 2.75) is 32.6 Å². The maximum absolute atomic E-state index is 12.4. The van der Waals surface area contributed by atoms with Gasteiger partial charge < -0.3 is 5.32 Å². The minimum absolute atomic E-state index is 0.0644. The number of hydrogen-bond donors (Lipinski definition) is 1. The number of para-hydroxylation sites is 1. The summed E-state index contributed by atoms with van der Waals surface area (Å²) in [7, 11) is 0. The lowest BCUT2D eigenvalue weighted by Crippen LogP contribution is -2.17. The molecule has 2 rings (SSSR count). The average molecular weight is 327 g/mol. The highest BCUT2D eigenvalue weighted by Gasteiger charge is 2.23. The van der Waals surface area contributed by atoms with Crippen molar-refractivity contribution in [1.82, 2.24) is 0 Å². The molecule has 3 nitrogen and oxygen atoms in total. The number of amides is 1. The van der Waals surface area contributed by atoms with Gasteiger partial charge in [0.1, 0.15) is 0 Å². The normalized spacial score (nSPS) is 11.1. The quantitative estimate of drug-likeness (QED) is 0.815. The molecule has 0 spiro atoms. The van der Waals surface area contributed by atoms with Crippen LogP contribution >= 0.6 is 11.8 Å². The summed E-state index contributed by atoms with van der Waals surface area (Å²) in [5.74, 6) is -0.179. The molecule has 4 heteroatoms. The van der Waals surface area contributed by atoms with E-state index in [0.29, 0.717) is 11.3 Å². The number of carbonyl (C=O) groups is 2. The molecule has 2 aromatic rings. The molecular formula is C19H21NO2S. The van der Waals surface area contributed by atoms with Gasteiger partial charge in [-0.05, 0) is 43.0 Å². The molecular weight excluding hydrogens is 306 g/mol. The Kier molecular flexibility index (Phi) is 5.26. The van der Waals surface area contributed by atoms with Crippen LogP contribution in [0, 0.1) is 12.3 Å². The number of hydrogen-bond acceptors (Lipinski definition) is 3. The standard InChI is InChI=1S/C19H21NO2S/c1-13-9-11-14(12-10-13)17(21)20-15-7-5-6-8-16(15)23-18(22)19(2,3)4/h5-12H,1-4H3,(H,20,21). The Labute approximate surface area is 141 Å². The van der Waals surface area contributed by atoms with E-state index in [2.05, 4.69) is 5.32 Å². The van der Waals surface area contributed by atoms with Gasteiger partial charge in [-0.1, -0.05) is 50.6 Å². The van der Waals surface area contributed by atoms with E-state index < -0.39 is 5.41 Å². The van der Waals surface area contributed by atoms with Crippen molar-refractivity contribution in [1.29, 1.82) is 0 Å². The van der Waals surface area contributed by atoms with Crippen LogP contribution in [0.2, 0.25) is 0 Å². The monoisotopic (exact) mass is 327 g/mol. The van der Waals surface area contributed by atoms with Crippen LogP contribution in [-0.2, 0) is 4.79 Å². The molecule has 0 unspecified atom stereocenters. The molecule has 0 fully saturated rings. The fourth-order valence-electron chi connectivity index (χ4n) is 1.81. The van der Waals surface area contributed by atoms with Crippen LogP contribution in [0.3, 0.4) is 0 Å². The molecule has 0 saturated heterocycles. The zero-order valence-corrected chi connectivity index (χ0v) is 14.7. The summed E-state index contributed by atoms with van der Waals surface area (Å²) in [6, 6.07) is 14.7. The van der Waals surface area contributed by atoms with Crippen molar-refractivity contribution >= 4 is 28.5 Å². The summed E-state index contributed by atoms with van der Waals surface area (Å²) < 4.78 is 0. The zero-order valence-electron chi connectivity index (χ0n) is 13.8. The van der Waals surface area contributed by atoms with Crippen LogP contribution in [0.25, 0.3) is 0 Å². The first-order valence-corrected chi connectivity index (χ1v) is 8.28. The number of aryl methyl sites for hydroxylation is 1. The topological polar surface area (TPSA) is 46.2 Å². The molecule has 120 valence electrons. The lowest BCUT2D eigenvalue weighted by atomic mass is 10.00. The van der Waals surface area contributed by atoms with E-state index >= 15 is 0 Å². The van der Waals surface area contributed by atoms with Gasteiger partial charge in [0, 0.05) is 15.9 Å². The molecule has 0 bridgehead atoms. The van der Waals surface area contributed by atoms with Gasteiger partial charge in [0.15, 0.2) is 5.12 Å². The van der Waals surface area contributed by atoms with E-state index in [-0.39, 0.29) is 11.0 Å². The predicted molar refractivity (Wildman–Crippen MR) is 95.9 cm³/mol. The van der Waals surface area contributed by atoms with Gasteiger partial charge in [0.25, 0.3) is 5.91 Å². The van der Waals surface area contributed by atoms with Crippen molar-refractivity contribution in [3.8, 4) is 0 Å². The lowest BCUT2D eigenvalue weighted by Gasteiger charge is -2.17. The molecule has 2 aromatic carbocycles. The maximum Gasteiger partial charge on any atom is 0.255 e. The van der Waals surface area contributed by atoms with E-state index in [1.54, 1.807) is 12.1 Å². The Balaban J connectivity index is 2.19. The fraction of sp³-hybridized carbons (Fsp3) is 0.263. The van der Waals surface area contributed by atoms with Gasteiger partial charge in [0.05, 0.1) is 5.69 Å². The molecule has 1 amide bonds. The van der Waals surface area contributed by atoms with Gasteiger partial charge in [-0.15, -0.1) is 0 Å². The Bertz CT molecular complexity index is 715. The summed E-state index contributed by atoms with van der Waals surface area (Å²) in [5, 5.41) is 2.96. The first kappa shape index (κ1) is 17.3. The second-order valence-electron chi connectivity index (χ2n) is 6.46. The molecule has 0 aliphatic rings. The first-order valence-electron chi connectivity index (χ1n) is 7.47. The highest BCUT2D eigenvalue weighted by molar-refractivity contribution is 8.13. The summed E-state index contributed by atoms with van der Waals surface area (Å²) in [5.41, 5.74) is 1.92. The minimum Gasteiger partial charge on any atom is -0.321 e. The molecule has 0 aliphatic heterocycles. The third-order valence-corrected chi connectivity index (χ3v) is 4.64. The summed E-state index contributed by atoms with van der Waals surface area (Å²) >= 11 is 1.16. The van der Waals surface area contributed by atoms with E-state index in [4.69, 9.17) is 0 Å². The summed E-state index contributed by atoms with van der Waals surface area (Å²) in [6.07, 6.45) is 0. The van der Waals surface area contributed by atoms with Gasteiger partial charge in [-0.2, -0.15) is 0 Å². The smallest absolute Gasteiger partial charge is 0.255 e. The molecule has 1 N–H and O–H groups in total. The van der Waals surface area contributed by atoms with Crippen LogP contribution in [0.5, 0.6) is 0 Å². The van der Waals surface area contributed by atoms with Crippen molar-refractivity contribution in [2.75, 3.05) is 5.32 Å². The molecule has 0 aliphatic carbocycles. The van der Waals surface area contributed by atoms with Crippen LogP contribution in [0.4, 0.5) is 5.69 Å². The molecule has 0 radical (unpaired) electrons. The first-order chi connectivity index (χ1) is 10.8. The number of nitrogens with one attached hydrogen (secondary N) is 1. The third-order valence-electron chi connectivity index (χ3n) is 3.26. The summed E-state index contributed by atoms with van der Waals surface area (Å²) in [4.78, 5) is 25.3. The van der Waals surface area contributed by atoms with E-state index in [1.807, 2.05) is 64.1 Å². The van der Waals surface area contributed by atoms with E-state index in [0.717, 1.165) is 22.2 Å². The van der Waals surface area contributed by atoms with Crippen molar-refractivity contribution in [2.24, 2.45) is 5.41 Å². The van der Waals surface area contributed by atoms with Crippen molar-refractivity contribution < 1.29 is 9.59 Å². The molecule has 23 heavy (non-hydrogen) atoms. The van der Waals surface area contributed by atoms with Crippen LogP contribution in [0.15, 0.2) is 53.4 Å². The average Bonchev–Trinajstić information content (AvgIpc) is 2.48. The highest BCUT2D eigenvalue weighted by atomic mass is 32.2. The lowest BCUT2D eigenvalue weighted by molar-refractivity contribution is -0.117.